The first-order chi connectivity index (χ1) is 19.5. The van der Waals surface area contributed by atoms with Gasteiger partial charge in [-0.15, -0.1) is 0 Å². The Morgan fingerprint density at radius 3 is 2.27 bits per heavy atom. The van der Waals surface area contributed by atoms with E-state index >= 15 is 0 Å². The third-order valence-corrected chi connectivity index (χ3v) is 7.15. The Labute approximate surface area is 233 Å². The van der Waals surface area contributed by atoms with Crippen molar-refractivity contribution >= 4 is 5.97 Å². The van der Waals surface area contributed by atoms with E-state index in [1.54, 1.807) is 31.2 Å². The van der Waals surface area contributed by atoms with Gasteiger partial charge in [0, 0.05) is 24.7 Å². The molecule has 0 N–H and O–H groups in total. The molecule has 1 atom stereocenters. The van der Waals surface area contributed by atoms with E-state index in [1.807, 2.05) is 0 Å². The average molecular weight is 569 g/mol. The maximum atomic E-state index is 13.5. The highest BCUT2D eigenvalue weighted by atomic mass is 19.4. The zero-order chi connectivity index (χ0) is 29.5. The number of benzene rings is 1. The molecule has 1 aliphatic carbocycles. The lowest BCUT2D eigenvalue weighted by molar-refractivity contribution is -0.145. The van der Waals surface area contributed by atoms with Crippen LogP contribution in [-0.4, -0.2) is 56.8 Å². The number of nitrogens with zero attached hydrogens (tertiary/aromatic N) is 6. The summed E-state index contributed by atoms with van der Waals surface area (Å²) in [7, 11) is 5.67. The molecule has 0 amide bonds. The minimum atomic E-state index is -4.58. The fraction of sp³-hybridized carbons (Fsp3) is 0.357. The Hall–Kier alpha value is -4.55. The van der Waals surface area contributed by atoms with Crippen LogP contribution in [0.4, 0.5) is 13.2 Å². The highest BCUT2D eigenvalue weighted by molar-refractivity contribution is 5.88. The van der Waals surface area contributed by atoms with Crippen LogP contribution in [-0.2, 0) is 28.2 Å². The number of alkyl halides is 3. The zero-order valence-electron chi connectivity index (χ0n) is 23.0. The van der Waals surface area contributed by atoms with Gasteiger partial charge in [-0.1, -0.05) is 24.3 Å². The summed E-state index contributed by atoms with van der Waals surface area (Å²) in [6.07, 6.45) is 1.16. The summed E-state index contributed by atoms with van der Waals surface area (Å²) in [4.78, 5) is 35.2. The maximum absolute atomic E-state index is 13.5. The molecule has 4 aromatic rings. The molecule has 5 rings (SSSR count). The maximum Gasteiger partial charge on any atom is 0.434 e. The summed E-state index contributed by atoms with van der Waals surface area (Å²) in [5.74, 6) is 0.487. The number of esters is 1. The van der Waals surface area contributed by atoms with E-state index in [4.69, 9.17) is 19.2 Å². The van der Waals surface area contributed by atoms with Crippen molar-refractivity contribution in [1.29, 1.82) is 0 Å². The molecule has 0 radical (unpaired) electrons. The molecule has 0 aliphatic heterocycles. The zero-order valence-corrected chi connectivity index (χ0v) is 23.0. The van der Waals surface area contributed by atoms with Gasteiger partial charge in [-0.2, -0.15) is 13.2 Å². The Morgan fingerprint density at radius 1 is 1.00 bits per heavy atom. The predicted octanol–water partition coefficient (Wildman–Crippen LogP) is 4.73. The quantitative estimate of drug-likeness (QED) is 0.278. The van der Waals surface area contributed by atoms with Crippen LogP contribution in [0.15, 0.2) is 43.0 Å². The second-order valence-corrected chi connectivity index (χ2v) is 9.78. The van der Waals surface area contributed by atoms with Crippen molar-refractivity contribution in [3.8, 4) is 34.4 Å². The van der Waals surface area contributed by atoms with Crippen LogP contribution in [0.1, 0.15) is 48.3 Å². The summed E-state index contributed by atoms with van der Waals surface area (Å²) in [5, 5.41) is 0. The smallest absolute Gasteiger partial charge is 0.434 e. The molecule has 214 valence electrons. The molecule has 1 fully saturated rings. The van der Waals surface area contributed by atoms with Gasteiger partial charge in [0.05, 0.1) is 33.2 Å². The largest absolute Gasteiger partial charge is 0.493 e. The third-order valence-electron chi connectivity index (χ3n) is 7.15. The molecule has 13 heteroatoms. The van der Waals surface area contributed by atoms with E-state index in [1.165, 1.54) is 45.5 Å². The van der Waals surface area contributed by atoms with Gasteiger partial charge in [-0.3, -0.25) is 4.79 Å². The van der Waals surface area contributed by atoms with Crippen molar-refractivity contribution in [2.45, 2.75) is 37.3 Å². The summed E-state index contributed by atoms with van der Waals surface area (Å²) in [6.45, 7) is 1.63. The monoisotopic (exact) mass is 568 g/mol. The SMILES string of the molecule is COC(=O)C(C)(c1ccc(-c2nc(C(F)(F)F)cn2C)cc1)c1nc(-c2c(OC)ncnc2C2CC2)ncc1OC. The van der Waals surface area contributed by atoms with Crippen LogP contribution in [0.3, 0.4) is 0 Å². The van der Waals surface area contributed by atoms with Crippen LogP contribution in [0.25, 0.3) is 22.8 Å². The fourth-order valence-electron chi connectivity index (χ4n) is 4.79. The van der Waals surface area contributed by atoms with Crippen LogP contribution < -0.4 is 9.47 Å². The molecule has 1 aliphatic rings. The van der Waals surface area contributed by atoms with Crippen molar-refractivity contribution in [2.75, 3.05) is 21.3 Å². The van der Waals surface area contributed by atoms with Gasteiger partial charge < -0.3 is 18.8 Å². The molecule has 3 heterocycles. The van der Waals surface area contributed by atoms with E-state index in [0.717, 1.165) is 24.7 Å². The van der Waals surface area contributed by atoms with Crippen molar-refractivity contribution in [1.82, 2.24) is 29.5 Å². The number of carbonyl (C=O) groups excluding carboxylic acids is 1. The molecule has 0 bridgehead atoms. The number of aromatic nitrogens is 6. The van der Waals surface area contributed by atoms with Crippen molar-refractivity contribution in [2.24, 2.45) is 7.05 Å². The highest BCUT2D eigenvalue weighted by Gasteiger charge is 2.43. The summed E-state index contributed by atoms with van der Waals surface area (Å²) < 4.78 is 57.2. The Bertz CT molecular complexity index is 1600. The molecule has 0 spiro atoms. The lowest BCUT2D eigenvalue weighted by Crippen LogP contribution is -2.36. The van der Waals surface area contributed by atoms with Crippen molar-refractivity contribution < 1.29 is 32.2 Å². The average Bonchev–Trinajstić information content (AvgIpc) is 3.75. The fourth-order valence-corrected chi connectivity index (χ4v) is 4.79. The summed E-state index contributed by atoms with van der Waals surface area (Å²) in [6, 6.07) is 6.42. The van der Waals surface area contributed by atoms with Gasteiger partial charge >= 0.3 is 12.1 Å². The first kappa shape index (κ1) is 28.0. The minimum Gasteiger partial charge on any atom is -0.493 e. The summed E-state index contributed by atoms with van der Waals surface area (Å²) >= 11 is 0. The number of rotatable bonds is 8. The molecule has 0 saturated heterocycles. The van der Waals surface area contributed by atoms with Gasteiger partial charge in [-0.25, -0.2) is 24.9 Å². The number of carbonyl (C=O) groups is 1. The second kappa shape index (κ2) is 10.5. The van der Waals surface area contributed by atoms with Crippen molar-refractivity contribution in [3.63, 3.8) is 0 Å². The number of hydrogen-bond donors (Lipinski definition) is 0. The van der Waals surface area contributed by atoms with E-state index in [0.29, 0.717) is 22.6 Å². The van der Waals surface area contributed by atoms with Crippen LogP contribution in [0, 0.1) is 0 Å². The molecule has 1 unspecified atom stereocenters. The first-order valence-electron chi connectivity index (χ1n) is 12.6. The summed E-state index contributed by atoms with van der Waals surface area (Å²) in [5.41, 5.74) is -0.118. The number of ether oxygens (including phenoxy) is 3. The lowest BCUT2D eigenvalue weighted by Gasteiger charge is -2.28. The topological polar surface area (TPSA) is 114 Å². The Kier molecular flexibility index (Phi) is 7.14. The van der Waals surface area contributed by atoms with E-state index in [2.05, 4.69) is 19.9 Å². The number of imidazole rings is 1. The van der Waals surface area contributed by atoms with E-state index in [9.17, 15) is 18.0 Å². The van der Waals surface area contributed by atoms with Gasteiger partial charge in [0.15, 0.2) is 17.3 Å². The number of aryl methyl sites for hydroxylation is 1. The molecule has 10 nitrogen and oxygen atoms in total. The van der Waals surface area contributed by atoms with Gasteiger partial charge in [0.1, 0.15) is 28.8 Å². The Morgan fingerprint density at radius 2 is 1.71 bits per heavy atom. The normalized spacial score (nSPS) is 14.8. The number of hydrogen-bond acceptors (Lipinski definition) is 9. The van der Waals surface area contributed by atoms with E-state index < -0.39 is 23.3 Å². The second-order valence-electron chi connectivity index (χ2n) is 9.78. The van der Waals surface area contributed by atoms with Crippen LogP contribution in [0.2, 0.25) is 0 Å². The highest BCUT2D eigenvalue weighted by Crippen LogP contribution is 2.46. The minimum absolute atomic E-state index is 0.120. The number of halogens is 3. The van der Waals surface area contributed by atoms with Gasteiger partial charge in [0.25, 0.3) is 0 Å². The van der Waals surface area contributed by atoms with Gasteiger partial charge in [-0.05, 0) is 25.3 Å². The van der Waals surface area contributed by atoms with Crippen LogP contribution in [0.5, 0.6) is 11.6 Å². The van der Waals surface area contributed by atoms with Gasteiger partial charge in [0.2, 0.25) is 5.88 Å². The molecule has 41 heavy (non-hydrogen) atoms. The molecule has 1 saturated carbocycles. The standard InChI is InChI=1S/C28H27F3N6O4/c1-27(26(38)41-5,17-10-8-16(9-11-17)24-35-19(13-37(24)2)28(29,30)31)22-18(39-3)12-32-23(36-22)20-21(15-6-7-15)33-14-34-25(20)40-4/h8-15H,6-7H2,1-5H3. The molecular formula is C28H27F3N6O4. The molecule has 3 aromatic heterocycles. The molecule has 1 aromatic carbocycles. The Balaban J connectivity index is 1.64. The predicted molar refractivity (Wildman–Crippen MR) is 140 cm³/mol. The number of methoxy groups -OCH3 is 3. The van der Waals surface area contributed by atoms with Crippen LogP contribution >= 0.6 is 0 Å². The molecular weight excluding hydrogens is 541 g/mol. The third kappa shape index (κ3) is 4.96. The van der Waals surface area contributed by atoms with Crippen molar-refractivity contribution in [3.05, 3.63) is 65.6 Å². The lowest BCUT2D eigenvalue weighted by atomic mass is 9.78. The first-order valence-corrected chi connectivity index (χ1v) is 12.6. The van der Waals surface area contributed by atoms with E-state index in [-0.39, 0.29) is 29.0 Å².